The van der Waals surface area contributed by atoms with Crippen LogP contribution in [-0.4, -0.2) is 5.91 Å². The molecule has 0 aromatic heterocycles. The third kappa shape index (κ3) is 4.48. The summed E-state index contributed by atoms with van der Waals surface area (Å²) in [4.78, 5) is 10.8. The molecule has 0 unspecified atom stereocenters. The Morgan fingerprint density at radius 3 is 2.21 bits per heavy atom. The molecule has 1 aromatic rings. The monoisotopic (exact) mass is 209 g/mol. The number of carbonyl (C=O) groups excluding carboxylic acids is 1. The summed E-state index contributed by atoms with van der Waals surface area (Å²) in [6.07, 6.45) is 1.22. The summed E-state index contributed by atoms with van der Waals surface area (Å²) in [7, 11) is 0. The molecule has 1 N–H and O–H groups in total. The zero-order valence-electron chi connectivity index (χ0n) is 7.79. The number of benzene rings is 1. The lowest BCUT2D eigenvalue weighted by Crippen LogP contribution is -2.06. The van der Waals surface area contributed by atoms with Crippen molar-refractivity contribution in [3.63, 3.8) is 0 Å². The molecular formula is C11H12ClNO. The van der Waals surface area contributed by atoms with E-state index in [1.807, 2.05) is 0 Å². The second-order valence-corrected chi connectivity index (χ2v) is 2.64. The van der Waals surface area contributed by atoms with Crippen molar-refractivity contribution in [1.82, 2.24) is 0 Å². The van der Waals surface area contributed by atoms with Crippen LogP contribution in [0.25, 0.3) is 0 Å². The van der Waals surface area contributed by atoms with Crippen molar-refractivity contribution < 1.29 is 4.79 Å². The zero-order chi connectivity index (χ0) is 11.0. The van der Waals surface area contributed by atoms with Crippen molar-refractivity contribution in [2.75, 3.05) is 5.32 Å². The summed E-state index contributed by atoms with van der Waals surface area (Å²) < 4.78 is 0. The highest BCUT2D eigenvalue weighted by atomic mass is 35.5. The molecule has 14 heavy (non-hydrogen) atoms. The van der Waals surface area contributed by atoms with Crippen molar-refractivity contribution in [2.24, 2.45) is 0 Å². The van der Waals surface area contributed by atoms with Crippen LogP contribution in [0.1, 0.15) is 0 Å². The van der Waals surface area contributed by atoms with Crippen LogP contribution < -0.4 is 5.32 Å². The molecule has 0 radical (unpaired) electrons. The van der Waals surface area contributed by atoms with E-state index in [0.717, 1.165) is 0 Å². The van der Waals surface area contributed by atoms with E-state index in [1.54, 1.807) is 24.3 Å². The fourth-order valence-electron chi connectivity index (χ4n) is 0.727. The Hall–Kier alpha value is -1.54. The Morgan fingerprint density at radius 2 is 1.79 bits per heavy atom. The maximum atomic E-state index is 10.8. The fourth-order valence-corrected chi connectivity index (χ4v) is 0.853. The van der Waals surface area contributed by atoms with Gasteiger partial charge in [-0.05, 0) is 30.3 Å². The van der Waals surface area contributed by atoms with E-state index >= 15 is 0 Å². The molecule has 0 heterocycles. The largest absolute Gasteiger partial charge is 0.323 e. The van der Waals surface area contributed by atoms with E-state index in [4.69, 9.17) is 11.6 Å². The number of hydrogen-bond acceptors (Lipinski definition) is 1. The highest BCUT2D eigenvalue weighted by Gasteiger charge is 1.95. The summed E-state index contributed by atoms with van der Waals surface area (Å²) in [5, 5.41) is 3.25. The molecule has 0 saturated carbocycles. The Balaban J connectivity index is 0.000000791. The predicted octanol–water partition coefficient (Wildman–Crippen LogP) is 3.27. The van der Waals surface area contributed by atoms with E-state index in [9.17, 15) is 4.79 Å². The van der Waals surface area contributed by atoms with E-state index in [-0.39, 0.29) is 5.91 Å². The molecule has 2 nitrogen and oxygen atoms in total. The SMILES string of the molecule is C=C.C=CC(=O)Nc1ccc(Cl)cc1. The molecule has 1 rings (SSSR count). The van der Waals surface area contributed by atoms with Gasteiger partial charge in [0.15, 0.2) is 0 Å². The molecule has 74 valence electrons. The number of halogens is 1. The first-order chi connectivity index (χ1) is 6.72. The maximum Gasteiger partial charge on any atom is 0.247 e. The number of carbonyl (C=O) groups is 1. The molecule has 0 saturated heterocycles. The van der Waals surface area contributed by atoms with Crippen LogP contribution in [-0.2, 0) is 4.79 Å². The molecule has 0 aliphatic carbocycles. The number of hydrogen-bond donors (Lipinski definition) is 1. The Kier molecular flexibility index (Phi) is 6.16. The molecule has 1 amide bonds. The standard InChI is InChI=1S/C9H8ClNO.C2H4/c1-2-9(12)11-8-5-3-7(10)4-6-8;1-2/h2-6H,1H2,(H,11,12);1-2H2. The van der Waals surface area contributed by atoms with Gasteiger partial charge < -0.3 is 5.32 Å². The predicted molar refractivity (Wildman–Crippen MR) is 61.5 cm³/mol. The van der Waals surface area contributed by atoms with Crippen molar-refractivity contribution in [1.29, 1.82) is 0 Å². The average Bonchev–Trinajstić information content (AvgIpc) is 2.24. The van der Waals surface area contributed by atoms with Gasteiger partial charge >= 0.3 is 0 Å². The minimum atomic E-state index is -0.225. The third-order valence-electron chi connectivity index (χ3n) is 1.30. The van der Waals surface area contributed by atoms with E-state index in [1.165, 1.54) is 6.08 Å². The quantitative estimate of drug-likeness (QED) is 0.588. The average molecular weight is 210 g/mol. The van der Waals surface area contributed by atoms with Crippen LogP contribution >= 0.6 is 11.6 Å². The summed E-state index contributed by atoms with van der Waals surface area (Å²) in [5.74, 6) is -0.225. The van der Waals surface area contributed by atoms with Gasteiger partial charge in [0.25, 0.3) is 0 Å². The third-order valence-corrected chi connectivity index (χ3v) is 1.55. The second kappa shape index (κ2) is 6.92. The highest BCUT2D eigenvalue weighted by molar-refractivity contribution is 6.30. The van der Waals surface area contributed by atoms with Gasteiger partial charge in [0.2, 0.25) is 5.91 Å². The smallest absolute Gasteiger partial charge is 0.247 e. The summed E-state index contributed by atoms with van der Waals surface area (Å²) in [6.45, 7) is 9.34. The van der Waals surface area contributed by atoms with Crippen molar-refractivity contribution >= 4 is 23.2 Å². The van der Waals surface area contributed by atoms with Crippen LogP contribution in [0.3, 0.4) is 0 Å². The molecule has 0 aliphatic heterocycles. The lowest BCUT2D eigenvalue weighted by molar-refractivity contribution is -0.111. The zero-order valence-corrected chi connectivity index (χ0v) is 8.55. The fraction of sp³-hybridized carbons (Fsp3) is 0. The Labute approximate surface area is 88.9 Å². The number of nitrogens with one attached hydrogen (secondary N) is 1. The summed E-state index contributed by atoms with van der Waals surface area (Å²) in [6, 6.07) is 6.87. The minimum Gasteiger partial charge on any atom is -0.323 e. The summed E-state index contributed by atoms with van der Waals surface area (Å²) >= 11 is 5.65. The maximum absolute atomic E-state index is 10.8. The molecule has 0 fully saturated rings. The first-order valence-corrected chi connectivity index (χ1v) is 4.29. The van der Waals surface area contributed by atoms with Crippen molar-refractivity contribution in [2.45, 2.75) is 0 Å². The Bertz CT molecular complexity index is 306. The van der Waals surface area contributed by atoms with Gasteiger partial charge in [-0.3, -0.25) is 4.79 Å². The number of anilines is 1. The van der Waals surface area contributed by atoms with Crippen molar-refractivity contribution in [3.05, 3.63) is 55.1 Å². The van der Waals surface area contributed by atoms with Gasteiger partial charge in [0.1, 0.15) is 0 Å². The van der Waals surface area contributed by atoms with Gasteiger partial charge in [0.05, 0.1) is 0 Å². The molecule has 0 atom stereocenters. The summed E-state index contributed by atoms with van der Waals surface area (Å²) in [5.41, 5.74) is 0.712. The van der Waals surface area contributed by atoms with Gasteiger partial charge in [-0.2, -0.15) is 0 Å². The van der Waals surface area contributed by atoms with Gasteiger partial charge in [0, 0.05) is 10.7 Å². The Morgan fingerprint density at radius 1 is 1.29 bits per heavy atom. The van der Waals surface area contributed by atoms with Gasteiger partial charge in [-0.15, -0.1) is 13.2 Å². The van der Waals surface area contributed by atoms with E-state index in [0.29, 0.717) is 10.7 Å². The minimum absolute atomic E-state index is 0.225. The van der Waals surface area contributed by atoms with Crippen LogP contribution in [0, 0.1) is 0 Å². The molecule has 3 heteroatoms. The topological polar surface area (TPSA) is 29.1 Å². The molecule has 0 spiro atoms. The van der Waals surface area contributed by atoms with E-state index in [2.05, 4.69) is 25.1 Å². The van der Waals surface area contributed by atoms with Crippen LogP contribution in [0.4, 0.5) is 5.69 Å². The van der Waals surface area contributed by atoms with Crippen LogP contribution in [0.2, 0.25) is 5.02 Å². The second-order valence-electron chi connectivity index (χ2n) is 2.20. The lowest BCUT2D eigenvalue weighted by Gasteiger charge is -2.00. The van der Waals surface area contributed by atoms with Gasteiger partial charge in [-0.25, -0.2) is 0 Å². The van der Waals surface area contributed by atoms with Gasteiger partial charge in [-0.1, -0.05) is 18.2 Å². The molecule has 1 aromatic carbocycles. The van der Waals surface area contributed by atoms with Crippen LogP contribution in [0.15, 0.2) is 50.1 Å². The van der Waals surface area contributed by atoms with Crippen LogP contribution in [0.5, 0.6) is 0 Å². The normalized spacial score (nSPS) is 8.07. The first-order valence-electron chi connectivity index (χ1n) is 3.91. The number of amides is 1. The highest BCUT2D eigenvalue weighted by Crippen LogP contribution is 2.12. The molecule has 0 aliphatic rings. The first kappa shape index (κ1) is 12.5. The molecule has 0 bridgehead atoms. The van der Waals surface area contributed by atoms with Crippen molar-refractivity contribution in [3.8, 4) is 0 Å². The van der Waals surface area contributed by atoms with E-state index < -0.39 is 0 Å². The number of rotatable bonds is 2. The lowest BCUT2D eigenvalue weighted by atomic mass is 10.3. The molecular weight excluding hydrogens is 198 g/mol.